The molecule has 0 saturated carbocycles. The Hall–Kier alpha value is -1.25. The van der Waals surface area contributed by atoms with Crippen LogP contribution in [-0.4, -0.2) is 128 Å². The zero-order valence-corrected chi connectivity index (χ0v) is 27.3. The molecule has 0 aromatic rings. The van der Waals surface area contributed by atoms with Crippen LogP contribution in [-0.2, 0) is 38.0 Å². The lowest BCUT2D eigenvalue weighted by atomic mass is 9.91. The highest BCUT2D eigenvalue weighted by atomic mass is 19.1. The van der Waals surface area contributed by atoms with E-state index in [0.717, 1.165) is 6.54 Å². The number of halogens is 1. The van der Waals surface area contributed by atoms with Gasteiger partial charge in [-0.25, -0.2) is 4.39 Å². The SMILES string of the molecule is CC(C)NCCOCCOCCOCC(F)CNC(=O)C(C)CC(C)(C)NCCOCCOCCOCC(=O)C(C)C. The Morgan fingerprint density at radius 1 is 0.714 bits per heavy atom. The van der Waals surface area contributed by atoms with Gasteiger partial charge in [-0.3, -0.25) is 9.59 Å². The van der Waals surface area contributed by atoms with Crippen LogP contribution in [0.3, 0.4) is 0 Å². The Labute approximate surface area is 253 Å². The van der Waals surface area contributed by atoms with Crippen LogP contribution in [0.15, 0.2) is 0 Å². The second kappa shape index (κ2) is 26.2. The lowest BCUT2D eigenvalue weighted by molar-refractivity contribution is -0.127. The number of alkyl halides is 1. The molecule has 0 aliphatic carbocycles. The highest BCUT2D eigenvalue weighted by Crippen LogP contribution is 2.16. The van der Waals surface area contributed by atoms with Crippen LogP contribution in [0, 0.1) is 11.8 Å². The van der Waals surface area contributed by atoms with E-state index in [2.05, 4.69) is 29.8 Å². The van der Waals surface area contributed by atoms with Crippen molar-refractivity contribution in [3.05, 3.63) is 0 Å². The highest BCUT2D eigenvalue weighted by molar-refractivity contribution is 5.81. The topological polar surface area (TPSA) is 126 Å². The lowest BCUT2D eigenvalue weighted by Gasteiger charge is -2.29. The molecule has 0 aromatic heterocycles. The van der Waals surface area contributed by atoms with Crippen molar-refractivity contribution < 1.29 is 42.4 Å². The largest absolute Gasteiger partial charge is 0.378 e. The van der Waals surface area contributed by atoms with E-state index in [1.54, 1.807) is 0 Å². The normalized spacial score (nSPS) is 13.6. The molecule has 0 fully saturated rings. The third kappa shape index (κ3) is 26.4. The summed E-state index contributed by atoms with van der Waals surface area (Å²) in [6, 6.07) is 0.440. The average Bonchev–Trinajstić information content (AvgIpc) is 2.92. The van der Waals surface area contributed by atoms with Gasteiger partial charge in [0.2, 0.25) is 5.91 Å². The average molecular weight is 610 g/mol. The van der Waals surface area contributed by atoms with Crippen LogP contribution in [0.25, 0.3) is 0 Å². The van der Waals surface area contributed by atoms with Crippen molar-refractivity contribution in [3.63, 3.8) is 0 Å². The smallest absolute Gasteiger partial charge is 0.223 e. The zero-order valence-electron chi connectivity index (χ0n) is 27.3. The Morgan fingerprint density at radius 3 is 1.76 bits per heavy atom. The molecule has 0 aliphatic rings. The van der Waals surface area contributed by atoms with Crippen molar-refractivity contribution in [3.8, 4) is 0 Å². The quantitative estimate of drug-likeness (QED) is 0.104. The number of Topliss-reactive ketones (excluding diaryl/α,β-unsaturated/α-hetero) is 1. The number of ether oxygens (including phenoxy) is 6. The van der Waals surface area contributed by atoms with Gasteiger partial charge >= 0.3 is 0 Å². The molecule has 11 nitrogen and oxygen atoms in total. The molecule has 0 radical (unpaired) electrons. The number of amides is 1. The van der Waals surface area contributed by atoms with Crippen LogP contribution >= 0.6 is 0 Å². The van der Waals surface area contributed by atoms with E-state index in [1.807, 2.05) is 34.6 Å². The van der Waals surface area contributed by atoms with Crippen molar-refractivity contribution in [2.24, 2.45) is 11.8 Å². The maximum absolute atomic E-state index is 14.1. The Morgan fingerprint density at radius 2 is 1.21 bits per heavy atom. The molecule has 0 bridgehead atoms. The van der Waals surface area contributed by atoms with Gasteiger partial charge in [0, 0.05) is 36.5 Å². The summed E-state index contributed by atoms with van der Waals surface area (Å²) in [4.78, 5) is 23.9. The molecule has 0 heterocycles. The van der Waals surface area contributed by atoms with E-state index in [0.29, 0.717) is 78.5 Å². The van der Waals surface area contributed by atoms with E-state index < -0.39 is 6.17 Å². The molecule has 0 saturated heterocycles. The minimum Gasteiger partial charge on any atom is -0.378 e. The lowest BCUT2D eigenvalue weighted by Crippen LogP contribution is -2.45. The maximum atomic E-state index is 14.1. The van der Waals surface area contributed by atoms with Gasteiger partial charge < -0.3 is 44.4 Å². The molecule has 0 rings (SSSR count). The van der Waals surface area contributed by atoms with Crippen LogP contribution in [0.5, 0.6) is 0 Å². The fraction of sp³-hybridized carbons (Fsp3) is 0.933. The summed E-state index contributed by atoms with van der Waals surface area (Å²) >= 11 is 0. The van der Waals surface area contributed by atoms with Crippen molar-refractivity contribution in [1.29, 1.82) is 0 Å². The predicted molar refractivity (Wildman–Crippen MR) is 162 cm³/mol. The van der Waals surface area contributed by atoms with Crippen LogP contribution in [0.4, 0.5) is 4.39 Å². The molecule has 1 amide bonds. The summed E-state index contributed by atoms with van der Waals surface area (Å²) < 4.78 is 46.6. The summed E-state index contributed by atoms with van der Waals surface area (Å²) in [6.07, 6.45) is -0.698. The van der Waals surface area contributed by atoms with Crippen molar-refractivity contribution in [2.45, 2.75) is 72.6 Å². The Bertz CT molecular complexity index is 670. The van der Waals surface area contributed by atoms with Gasteiger partial charge in [-0.1, -0.05) is 34.6 Å². The minimum absolute atomic E-state index is 0.0195. The number of rotatable bonds is 30. The highest BCUT2D eigenvalue weighted by Gasteiger charge is 2.24. The predicted octanol–water partition coefficient (Wildman–Crippen LogP) is 2.16. The molecule has 2 atom stereocenters. The number of nitrogens with one attached hydrogen (secondary N) is 3. The van der Waals surface area contributed by atoms with E-state index in [-0.39, 0.29) is 55.4 Å². The van der Waals surface area contributed by atoms with Gasteiger partial charge in [0.25, 0.3) is 0 Å². The van der Waals surface area contributed by atoms with Crippen molar-refractivity contribution in [2.75, 3.05) is 98.9 Å². The first-order valence-electron chi connectivity index (χ1n) is 15.3. The standard InChI is InChI=1S/C30H60FN3O8/c1-24(2)28(35)23-42-19-17-40-15-13-38-11-9-34-30(6,7)20-26(5)29(36)33-21-27(31)22-41-18-16-39-14-12-37-10-8-32-25(3)4/h24-27,32,34H,8-23H2,1-7H3,(H,33,36). The first-order valence-corrected chi connectivity index (χ1v) is 15.3. The van der Waals surface area contributed by atoms with Gasteiger partial charge in [0.05, 0.1) is 79.2 Å². The number of ketones is 1. The van der Waals surface area contributed by atoms with E-state index >= 15 is 0 Å². The summed E-state index contributed by atoms with van der Waals surface area (Å²) in [6.45, 7) is 19.6. The molecule has 0 aliphatic heterocycles. The molecule has 42 heavy (non-hydrogen) atoms. The second-order valence-electron chi connectivity index (χ2n) is 11.6. The molecule has 0 aromatic carbocycles. The number of carbonyl (C=O) groups excluding carboxylic acids is 2. The molecule has 250 valence electrons. The summed E-state index contributed by atoms with van der Waals surface area (Å²) in [5.41, 5.74) is -0.296. The van der Waals surface area contributed by atoms with Crippen LogP contribution in [0.1, 0.15) is 54.9 Å². The summed E-state index contributed by atoms with van der Waals surface area (Å²) in [7, 11) is 0. The molecular weight excluding hydrogens is 549 g/mol. The fourth-order valence-electron chi connectivity index (χ4n) is 3.69. The van der Waals surface area contributed by atoms with Crippen molar-refractivity contribution in [1.82, 2.24) is 16.0 Å². The monoisotopic (exact) mass is 609 g/mol. The van der Waals surface area contributed by atoms with Crippen molar-refractivity contribution >= 4 is 11.7 Å². The van der Waals surface area contributed by atoms with Gasteiger partial charge in [-0.05, 0) is 20.3 Å². The maximum Gasteiger partial charge on any atom is 0.223 e. The minimum atomic E-state index is -1.29. The van der Waals surface area contributed by atoms with Crippen LogP contribution < -0.4 is 16.0 Å². The molecule has 2 unspecified atom stereocenters. The first kappa shape index (κ1) is 40.8. The summed E-state index contributed by atoms with van der Waals surface area (Å²) in [5.74, 6) is -0.414. The number of hydrogen-bond donors (Lipinski definition) is 3. The Kier molecular flexibility index (Phi) is 25.4. The second-order valence-corrected chi connectivity index (χ2v) is 11.6. The molecule has 0 spiro atoms. The third-order valence-corrected chi connectivity index (χ3v) is 6.09. The summed E-state index contributed by atoms with van der Waals surface area (Å²) in [5, 5.41) is 9.34. The van der Waals surface area contributed by atoms with Crippen LogP contribution in [0.2, 0.25) is 0 Å². The molecular formula is C30H60FN3O8. The fourth-order valence-corrected chi connectivity index (χ4v) is 3.69. The third-order valence-electron chi connectivity index (χ3n) is 6.09. The molecule has 12 heteroatoms. The van der Waals surface area contributed by atoms with E-state index in [9.17, 15) is 14.0 Å². The zero-order chi connectivity index (χ0) is 31.6. The van der Waals surface area contributed by atoms with E-state index in [1.165, 1.54) is 0 Å². The van der Waals surface area contributed by atoms with Gasteiger partial charge in [0.1, 0.15) is 12.8 Å². The number of hydrogen-bond acceptors (Lipinski definition) is 10. The number of carbonyl (C=O) groups is 2. The van der Waals surface area contributed by atoms with Gasteiger partial charge in [-0.2, -0.15) is 0 Å². The molecule has 3 N–H and O–H groups in total. The van der Waals surface area contributed by atoms with E-state index in [4.69, 9.17) is 28.4 Å². The Balaban J connectivity index is 3.72. The van der Waals surface area contributed by atoms with Gasteiger partial charge in [-0.15, -0.1) is 0 Å². The van der Waals surface area contributed by atoms with Gasteiger partial charge in [0.15, 0.2) is 5.78 Å². The first-order chi connectivity index (χ1) is 19.9.